The summed E-state index contributed by atoms with van der Waals surface area (Å²) in [6.45, 7) is -0.539. The van der Waals surface area contributed by atoms with E-state index in [1.807, 2.05) is 0 Å². The van der Waals surface area contributed by atoms with E-state index >= 15 is 0 Å². The third-order valence-corrected chi connectivity index (χ3v) is 6.98. The van der Waals surface area contributed by atoms with Crippen LogP contribution in [0, 0.1) is 5.82 Å². The Hall–Kier alpha value is -4.77. The van der Waals surface area contributed by atoms with Gasteiger partial charge in [0.25, 0.3) is 11.8 Å². The van der Waals surface area contributed by atoms with Crippen LogP contribution in [0.4, 0.5) is 10.1 Å². The molecule has 0 bridgehead atoms. The predicted molar refractivity (Wildman–Crippen MR) is 151 cm³/mol. The number of nitrogens with zero attached hydrogens (tertiary/aromatic N) is 3. The van der Waals surface area contributed by atoms with Crippen LogP contribution in [0.25, 0.3) is 10.9 Å². The Labute approximate surface area is 239 Å². The number of benzene rings is 3. The number of primary amides is 1. The van der Waals surface area contributed by atoms with Crippen molar-refractivity contribution in [3.63, 3.8) is 0 Å². The van der Waals surface area contributed by atoms with Crippen LogP contribution < -0.4 is 16.4 Å². The zero-order valence-corrected chi connectivity index (χ0v) is 22.5. The predicted octanol–water partition coefficient (Wildman–Crippen LogP) is 3.49. The van der Waals surface area contributed by atoms with E-state index in [9.17, 15) is 23.6 Å². The lowest BCUT2D eigenvalue weighted by Crippen LogP contribution is -2.43. The molecule has 1 saturated carbocycles. The number of nitrogens with two attached hydrogens (primary N) is 1. The molecule has 1 aliphatic carbocycles. The van der Waals surface area contributed by atoms with Gasteiger partial charge in [0.05, 0.1) is 17.1 Å². The molecular formula is C29H26ClFN6O4. The summed E-state index contributed by atoms with van der Waals surface area (Å²) in [4.78, 5) is 52.2. The zero-order chi connectivity index (χ0) is 29.1. The van der Waals surface area contributed by atoms with Crippen molar-refractivity contribution in [2.24, 2.45) is 5.73 Å². The molecule has 1 aromatic heterocycles. The fourth-order valence-corrected chi connectivity index (χ4v) is 4.66. The first-order chi connectivity index (χ1) is 19.7. The molecule has 0 radical (unpaired) electrons. The van der Waals surface area contributed by atoms with Gasteiger partial charge in [-0.1, -0.05) is 41.9 Å². The highest BCUT2D eigenvalue weighted by Gasteiger charge is 2.34. The van der Waals surface area contributed by atoms with Crippen molar-refractivity contribution in [2.45, 2.75) is 32.0 Å². The van der Waals surface area contributed by atoms with E-state index < -0.39 is 17.6 Å². The van der Waals surface area contributed by atoms with E-state index in [-0.39, 0.29) is 53.8 Å². The molecule has 1 aliphatic rings. The van der Waals surface area contributed by atoms with Gasteiger partial charge in [-0.05, 0) is 49.2 Å². The van der Waals surface area contributed by atoms with Crippen LogP contribution in [0.3, 0.4) is 0 Å². The van der Waals surface area contributed by atoms with Crippen molar-refractivity contribution < 1.29 is 23.6 Å². The Morgan fingerprint density at radius 3 is 2.51 bits per heavy atom. The molecule has 0 spiro atoms. The maximum atomic E-state index is 14.2. The van der Waals surface area contributed by atoms with Crippen molar-refractivity contribution in [2.75, 3.05) is 11.9 Å². The van der Waals surface area contributed by atoms with Crippen LogP contribution in [-0.4, -0.2) is 50.9 Å². The molecule has 4 aromatic rings. The van der Waals surface area contributed by atoms with Gasteiger partial charge in [-0.2, -0.15) is 5.10 Å². The number of rotatable bonds is 10. The minimum absolute atomic E-state index is 0.0426. The largest absolute Gasteiger partial charge is 0.364 e. The van der Waals surface area contributed by atoms with Gasteiger partial charge in [-0.3, -0.25) is 23.9 Å². The van der Waals surface area contributed by atoms with E-state index in [0.29, 0.717) is 22.2 Å². The summed E-state index contributed by atoms with van der Waals surface area (Å²) in [6.07, 6.45) is 1.50. The first-order valence-electron chi connectivity index (χ1n) is 12.9. The summed E-state index contributed by atoms with van der Waals surface area (Å²) in [5, 5.41) is 10.0. The van der Waals surface area contributed by atoms with Crippen LogP contribution >= 0.6 is 11.6 Å². The number of halogens is 2. The normalized spacial score (nSPS) is 12.6. The standard InChI is InChI=1S/C29H26ClFN6O4/c30-22-8-4-7-18(26(22)31)14-33-24(38)15-36(20-10-11-20)25(39)16-37-23-12-9-19(13-21(23)27(35-37)28(32)40)34-29(41)17-5-2-1-3-6-17/h1-9,12-13,20H,10-11,14-16H2,(H2,32,40)(H,33,38)(H,34,41). The van der Waals surface area contributed by atoms with Crippen LogP contribution in [0.5, 0.6) is 0 Å². The zero-order valence-electron chi connectivity index (χ0n) is 21.8. The minimum atomic E-state index is -0.792. The Balaban J connectivity index is 1.30. The number of carbonyl (C=O) groups excluding carboxylic acids is 4. The van der Waals surface area contributed by atoms with Crippen molar-refractivity contribution in [3.8, 4) is 0 Å². The van der Waals surface area contributed by atoms with E-state index in [2.05, 4.69) is 15.7 Å². The van der Waals surface area contributed by atoms with Gasteiger partial charge in [0.2, 0.25) is 11.8 Å². The van der Waals surface area contributed by atoms with E-state index in [4.69, 9.17) is 17.3 Å². The quantitative estimate of drug-likeness (QED) is 0.265. The average Bonchev–Trinajstić information content (AvgIpc) is 3.74. The Kier molecular flexibility index (Phi) is 7.97. The number of hydrogen-bond donors (Lipinski definition) is 3. The summed E-state index contributed by atoms with van der Waals surface area (Å²) >= 11 is 5.80. The SMILES string of the molecule is NC(=O)c1nn(CC(=O)N(CC(=O)NCc2cccc(Cl)c2F)C2CC2)c2ccc(NC(=O)c3ccccc3)cc12. The molecular weight excluding hydrogens is 551 g/mol. The molecule has 0 unspecified atom stereocenters. The molecule has 0 aliphatic heterocycles. The second-order valence-electron chi connectivity index (χ2n) is 9.67. The molecule has 4 amide bonds. The Morgan fingerprint density at radius 1 is 1.05 bits per heavy atom. The number of aromatic nitrogens is 2. The highest BCUT2D eigenvalue weighted by molar-refractivity contribution is 6.30. The topological polar surface area (TPSA) is 139 Å². The second-order valence-corrected chi connectivity index (χ2v) is 10.1. The van der Waals surface area contributed by atoms with Crippen molar-refractivity contribution in [3.05, 3.63) is 94.4 Å². The van der Waals surface area contributed by atoms with Gasteiger partial charge in [-0.15, -0.1) is 0 Å². The summed E-state index contributed by atoms with van der Waals surface area (Å²) < 4.78 is 15.5. The van der Waals surface area contributed by atoms with Crippen molar-refractivity contribution in [1.82, 2.24) is 20.0 Å². The summed E-state index contributed by atoms with van der Waals surface area (Å²) in [5.41, 5.74) is 7.09. The van der Waals surface area contributed by atoms with Gasteiger partial charge < -0.3 is 21.3 Å². The van der Waals surface area contributed by atoms with Crippen LogP contribution in [0.15, 0.2) is 66.7 Å². The first-order valence-corrected chi connectivity index (χ1v) is 13.2. The van der Waals surface area contributed by atoms with E-state index in [1.54, 1.807) is 54.6 Å². The van der Waals surface area contributed by atoms with E-state index in [0.717, 1.165) is 12.8 Å². The molecule has 4 N–H and O–H groups in total. The number of amides is 4. The summed E-state index contributed by atoms with van der Waals surface area (Å²) in [6, 6.07) is 17.9. The molecule has 12 heteroatoms. The lowest BCUT2D eigenvalue weighted by atomic mass is 10.1. The molecule has 0 atom stereocenters. The highest BCUT2D eigenvalue weighted by atomic mass is 35.5. The van der Waals surface area contributed by atoms with Gasteiger partial charge in [-0.25, -0.2) is 4.39 Å². The number of anilines is 1. The maximum absolute atomic E-state index is 14.2. The van der Waals surface area contributed by atoms with Crippen molar-refractivity contribution >= 4 is 51.8 Å². The molecule has 1 heterocycles. The fourth-order valence-electron chi connectivity index (χ4n) is 4.47. The fraction of sp³-hybridized carbons (Fsp3) is 0.207. The van der Waals surface area contributed by atoms with Gasteiger partial charge in [0, 0.05) is 34.8 Å². The van der Waals surface area contributed by atoms with Crippen LogP contribution in [0.1, 0.15) is 39.3 Å². The summed E-state index contributed by atoms with van der Waals surface area (Å²) in [5.74, 6) is -2.56. The van der Waals surface area contributed by atoms with E-state index in [1.165, 1.54) is 21.7 Å². The minimum Gasteiger partial charge on any atom is -0.364 e. The lowest BCUT2D eigenvalue weighted by molar-refractivity contribution is -0.137. The number of nitrogens with one attached hydrogen (secondary N) is 2. The molecule has 10 nitrogen and oxygen atoms in total. The molecule has 5 rings (SSSR count). The Bertz CT molecular complexity index is 1650. The Morgan fingerprint density at radius 2 is 1.80 bits per heavy atom. The third-order valence-electron chi connectivity index (χ3n) is 6.69. The summed E-state index contributed by atoms with van der Waals surface area (Å²) in [7, 11) is 0. The van der Waals surface area contributed by atoms with Crippen molar-refractivity contribution in [1.29, 1.82) is 0 Å². The van der Waals surface area contributed by atoms with Crippen LogP contribution in [0.2, 0.25) is 5.02 Å². The molecule has 41 heavy (non-hydrogen) atoms. The number of hydrogen-bond acceptors (Lipinski definition) is 5. The third kappa shape index (κ3) is 6.36. The first kappa shape index (κ1) is 27.8. The second kappa shape index (κ2) is 11.8. The van der Waals surface area contributed by atoms with Gasteiger partial charge in [0.1, 0.15) is 12.4 Å². The smallest absolute Gasteiger partial charge is 0.269 e. The van der Waals surface area contributed by atoms with Gasteiger partial charge in [0.15, 0.2) is 5.69 Å². The molecule has 1 fully saturated rings. The average molecular weight is 577 g/mol. The number of fused-ring (bicyclic) bond motifs is 1. The monoisotopic (exact) mass is 576 g/mol. The highest BCUT2D eigenvalue weighted by Crippen LogP contribution is 2.28. The molecule has 210 valence electrons. The maximum Gasteiger partial charge on any atom is 0.269 e. The number of carbonyl (C=O) groups is 4. The van der Waals surface area contributed by atoms with Crippen LogP contribution in [-0.2, 0) is 22.7 Å². The lowest BCUT2D eigenvalue weighted by Gasteiger charge is -2.22. The molecule has 0 saturated heterocycles. The van der Waals surface area contributed by atoms with Gasteiger partial charge >= 0.3 is 0 Å². The molecule has 3 aromatic carbocycles.